The minimum Gasteiger partial charge on any atom is -0.370 e. The van der Waals surface area contributed by atoms with Crippen LogP contribution in [0, 0.1) is 17.8 Å². The van der Waals surface area contributed by atoms with E-state index in [4.69, 9.17) is 0 Å². The molecule has 0 spiro atoms. The zero-order valence-electron chi connectivity index (χ0n) is 16.1. The largest absolute Gasteiger partial charge is 0.370 e. The monoisotopic (exact) mass is 361 g/mol. The lowest BCUT2D eigenvalue weighted by Crippen LogP contribution is -2.42. The van der Waals surface area contributed by atoms with Crippen molar-refractivity contribution >= 4 is 17.3 Å². The average molecular weight is 361 g/mol. The fraction of sp³-hybridized carbons (Fsp3) is 0.650. The van der Waals surface area contributed by atoms with E-state index in [1.54, 1.807) is 6.07 Å². The second-order valence-electron chi connectivity index (χ2n) is 8.32. The smallest absolute Gasteiger partial charge is 0.253 e. The molecular weight excluding hydrogens is 330 g/mol. The van der Waals surface area contributed by atoms with Gasteiger partial charge in [-0.25, -0.2) is 0 Å². The van der Waals surface area contributed by atoms with Gasteiger partial charge in [0, 0.05) is 31.7 Å². The lowest BCUT2D eigenvalue weighted by atomic mass is 9.91. The van der Waals surface area contributed by atoms with Gasteiger partial charge in [0.25, 0.3) is 5.91 Å². The van der Waals surface area contributed by atoms with Gasteiger partial charge in [0.05, 0.1) is 5.69 Å². The number of carbonyl (C=O) groups excluding carboxylic acids is 1. The molecule has 1 aromatic rings. The van der Waals surface area contributed by atoms with Crippen LogP contribution in [0.1, 0.15) is 50.4 Å². The molecular formula is C20H31N3O3. The summed E-state index contributed by atoms with van der Waals surface area (Å²) in [7, 11) is 0. The van der Waals surface area contributed by atoms with Gasteiger partial charge in [-0.2, -0.15) is 0 Å². The molecule has 2 N–H and O–H groups in total. The van der Waals surface area contributed by atoms with Crippen molar-refractivity contribution in [1.82, 2.24) is 4.90 Å². The Morgan fingerprint density at radius 3 is 2.23 bits per heavy atom. The number of likely N-dealkylation sites (tertiary alicyclic amines) is 1. The second-order valence-corrected chi connectivity index (χ2v) is 8.32. The van der Waals surface area contributed by atoms with E-state index in [1.807, 2.05) is 17.0 Å². The van der Waals surface area contributed by atoms with Gasteiger partial charge in [0.2, 0.25) is 0 Å². The van der Waals surface area contributed by atoms with Crippen LogP contribution in [0.4, 0.5) is 11.4 Å². The van der Waals surface area contributed by atoms with Crippen molar-refractivity contribution < 1.29 is 15.2 Å². The number of anilines is 2. The van der Waals surface area contributed by atoms with Crippen molar-refractivity contribution in [3.63, 3.8) is 0 Å². The Hall–Kier alpha value is -1.79. The summed E-state index contributed by atoms with van der Waals surface area (Å²) >= 11 is 0. The van der Waals surface area contributed by atoms with E-state index in [-0.39, 0.29) is 16.8 Å². The molecule has 2 fully saturated rings. The maximum absolute atomic E-state index is 12.9. The number of nitrogens with zero attached hydrogens (tertiary/aromatic N) is 3. The number of hydrogen-bond donors (Lipinski definition) is 2. The van der Waals surface area contributed by atoms with Crippen LogP contribution in [0.25, 0.3) is 0 Å². The standard InChI is InChI=1S/C20H31N3O3/c1-14-6-8-21(9-7-14)18-5-4-17(11-19(18)23(25)26)20(24)22-12-15(2)10-16(3)13-22/h4-5,11,14-16,25-26H,6-10,12-13H2,1-3H3. The minimum absolute atomic E-state index is 0.0367. The predicted molar refractivity (Wildman–Crippen MR) is 102 cm³/mol. The van der Waals surface area contributed by atoms with E-state index < -0.39 is 0 Å². The SMILES string of the molecule is CC1CCN(c2ccc(C(=O)N3CC(C)CC(C)C3)cc2N(O)O)CC1. The first-order valence-corrected chi connectivity index (χ1v) is 9.71. The molecule has 2 aliphatic heterocycles. The summed E-state index contributed by atoms with van der Waals surface area (Å²) < 4.78 is 0. The summed E-state index contributed by atoms with van der Waals surface area (Å²) in [4.78, 5) is 17.0. The molecule has 6 nitrogen and oxygen atoms in total. The van der Waals surface area contributed by atoms with E-state index >= 15 is 0 Å². The van der Waals surface area contributed by atoms with Crippen molar-refractivity contribution in [3.05, 3.63) is 23.8 Å². The van der Waals surface area contributed by atoms with Gasteiger partial charge in [-0.05, 0) is 55.2 Å². The van der Waals surface area contributed by atoms with Crippen LogP contribution in [0.15, 0.2) is 18.2 Å². The van der Waals surface area contributed by atoms with Crippen molar-refractivity contribution in [2.45, 2.75) is 40.0 Å². The van der Waals surface area contributed by atoms with E-state index in [9.17, 15) is 15.2 Å². The summed E-state index contributed by atoms with van der Waals surface area (Å²) in [5.41, 5.74) is 1.53. The lowest BCUT2D eigenvalue weighted by Gasteiger charge is -2.36. The number of amides is 1. The number of rotatable bonds is 3. The van der Waals surface area contributed by atoms with Gasteiger partial charge in [-0.15, -0.1) is 5.23 Å². The number of piperidine rings is 2. The Morgan fingerprint density at radius 2 is 1.65 bits per heavy atom. The third kappa shape index (κ3) is 4.13. The van der Waals surface area contributed by atoms with Gasteiger partial charge in [-0.1, -0.05) is 20.8 Å². The summed E-state index contributed by atoms with van der Waals surface area (Å²) in [6.07, 6.45) is 3.31. The van der Waals surface area contributed by atoms with Gasteiger partial charge in [0.1, 0.15) is 5.69 Å². The highest BCUT2D eigenvalue weighted by atomic mass is 16.8. The summed E-state index contributed by atoms with van der Waals surface area (Å²) in [5, 5.41) is 19.6. The number of carbonyl (C=O) groups is 1. The van der Waals surface area contributed by atoms with Crippen molar-refractivity contribution in [2.75, 3.05) is 36.3 Å². The third-order valence-corrected chi connectivity index (χ3v) is 5.72. The minimum atomic E-state index is -0.0367. The normalized spacial score (nSPS) is 24.7. The Balaban J connectivity index is 1.83. The molecule has 0 aliphatic carbocycles. The number of benzene rings is 1. The molecule has 0 radical (unpaired) electrons. The fourth-order valence-electron chi connectivity index (χ4n) is 4.34. The van der Waals surface area contributed by atoms with E-state index in [2.05, 4.69) is 25.7 Å². The van der Waals surface area contributed by atoms with Gasteiger partial charge in [0.15, 0.2) is 0 Å². The molecule has 2 aliphatic rings. The van der Waals surface area contributed by atoms with Gasteiger partial charge < -0.3 is 9.80 Å². The molecule has 0 saturated carbocycles. The quantitative estimate of drug-likeness (QED) is 0.805. The molecule has 2 heterocycles. The topological polar surface area (TPSA) is 67.3 Å². The molecule has 144 valence electrons. The van der Waals surface area contributed by atoms with Crippen molar-refractivity contribution in [1.29, 1.82) is 0 Å². The maximum atomic E-state index is 12.9. The second kappa shape index (κ2) is 7.84. The number of hydrogen-bond acceptors (Lipinski definition) is 5. The Labute approximate surface area is 155 Å². The zero-order chi connectivity index (χ0) is 18.8. The Kier molecular flexibility index (Phi) is 5.73. The first-order valence-electron chi connectivity index (χ1n) is 9.71. The summed E-state index contributed by atoms with van der Waals surface area (Å²) in [6.45, 7) is 9.87. The zero-order valence-corrected chi connectivity index (χ0v) is 16.1. The fourth-order valence-corrected chi connectivity index (χ4v) is 4.34. The molecule has 1 aromatic carbocycles. The molecule has 6 heteroatoms. The molecule has 2 saturated heterocycles. The highest BCUT2D eigenvalue weighted by Gasteiger charge is 2.27. The van der Waals surface area contributed by atoms with Crippen LogP contribution in [-0.4, -0.2) is 47.4 Å². The molecule has 2 atom stereocenters. The summed E-state index contributed by atoms with van der Waals surface area (Å²) in [5.74, 6) is 1.64. The van der Waals surface area contributed by atoms with Crippen molar-refractivity contribution in [2.24, 2.45) is 17.8 Å². The third-order valence-electron chi connectivity index (χ3n) is 5.72. The van der Waals surface area contributed by atoms with Crippen LogP contribution in [0.5, 0.6) is 0 Å². The molecule has 26 heavy (non-hydrogen) atoms. The maximum Gasteiger partial charge on any atom is 0.253 e. The molecule has 1 amide bonds. The van der Waals surface area contributed by atoms with Crippen LogP contribution >= 0.6 is 0 Å². The van der Waals surface area contributed by atoms with E-state index in [0.717, 1.165) is 51.1 Å². The van der Waals surface area contributed by atoms with E-state index in [1.165, 1.54) is 0 Å². The van der Waals surface area contributed by atoms with E-state index in [0.29, 0.717) is 23.3 Å². The highest BCUT2D eigenvalue weighted by molar-refractivity contribution is 5.96. The van der Waals surface area contributed by atoms with Crippen LogP contribution < -0.4 is 10.1 Å². The van der Waals surface area contributed by atoms with Crippen LogP contribution in [0.2, 0.25) is 0 Å². The molecule has 0 bridgehead atoms. The molecule has 2 unspecified atom stereocenters. The van der Waals surface area contributed by atoms with Crippen molar-refractivity contribution in [3.8, 4) is 0 Å². The van der Waals surface area contributed by atoms with Gasteiger partial charge >= 0.3 is 0 Å². The molecule has 3 rings (SSSR count). The molecule has 0 aromatic heterocycles. The summed E-state index contributed by atoms with van der Waals surface area (Å²) in [6, 6.07) is 5.25. The lowest BCUT2D eigenvalue weighted by molar-refractivity contribution is 0.0293. The van der Waals surface area contributed by atoms with Crippen LogP contribution in [-0.2, 0) is 0 Å². The average Bonchev–Trinajstić information content (AvgIpc) is 2.60. The first kappa shape index (κ1) is 19.0. The Morgan fingerprint density at radius 1 is 1.04 bits per heavy atom. The highest BCUT2D eigenvalue weighted by Crippen LogP contribution is 2.33. The van der Waals surface area contributed by atoms with Crippen LogP contribution in [0.3, 0.4) is 0 Å². The first-order chi connectivity index (χ1) is 12.3. The van der Waals surface area contributed by atoms with Gasteiger partial charge in [-0.3, -0.25) is 15.2 Å². The Bertz CT molecular complexity index is 631. The predicted octanol–water partition coefficient (Wildman–Crippen LogP) is 3.63.